The summed E-state index contributed by atoms with van der Waals surface area (Å²) in [6.07, 6.45) is 12.0. The SMILES string of the molecule is CC(C)C1=CCC2=C(CC=CC2)C1. The standard InChI is InChI=1S/C13H18/c1-10(2)12-8-7-11-5-3-4-6-13(11)9-12/h3-4,8,10H,5-7,9H2,1-2H3. The second-order valence-corrected chi connectivity index (χ2v) is 4.40. The van der Waals surface area contributed by atoms with Gasteiger partial charge < -0.3 is 0 Å². The fourth-order valence-electron chi connectivity index (χ4n) is 2.18. The highest BCUT2D eigenvalue weighted by molar-refractivity contribution is 5.34. The minimum Gasteiger partial charge on any atom is -0.0841 e. The van der Waals surface area contributed by atoms with Crippen molar-refractivity contribution in [1.82, 2.24) is 0 Å². The van der Waals surface area contributed by atoms with Gasteiger partial charge in [0.1, 0.15) is 0 Å². The zero-order valence-electron chi connectivity index (χ0n) is 8.64. The molecule has 0 aliphatic heterocycles. The fourth-order valence-corrected chi connectivity index (χ4v) is 2.18. The Bertz CT molecular complexity index is 287. The lowest BCUT2D eigenvalue weighted by Gasteiger charge is -2.24. The maximum atomic E-state index is 2.45. The van der Waals surface area contributed by atoms with Crippen molar-refractivity contribution in [2.45, 2.75) is 39.5 Å². The molecule has 0 aromatic heterocycles. The van der Waals surface area contributed by atoms with Crippen molar-refractivity contribution in [3.8, 4) is 0 Å². The summed E-state index contributed by atoms with van der Waals surface area (Å²) in [5.74, 6) is 0.736. The van der Waals surface area contributed by atoms with Gasteiger partial charge in [-0.3, -0.25) is 0 Å². The van der Waals surface area contributed by atoms with Gasteiger partial charge >= 0.3 is 0 Å². The van der Waals surface area contributed by atoms with Crippen molar-refractivity contribution in [1.29, 1.82) is 0 Å². The van der Waals surface area contributed by atoms with Gasteiger partial charge in [-0.1, -0.05) is 48.8 Å². The number of hydrogen-bond acceptors (Lipinski definition) is 0. The lowest BCUT2D eigenvalue weighted by molar-refractivity contribution is 0.708. The van der Waals surface area contributed by atoms with E-state index in [-0.39, 0.29) is 0 Å². The molecule has 0 nitrogen and oxygen atoms in total. The Morgan fingerprint density at radius 1 is 1.00 bits per heavy atom. The van der Waals surface area contributed by atoms with Crippen molar-refractivity contribution in [2.24, 2.45) is 5.92 Å². The number of allylic oxidation sites excluding steroid dienone is 6. The van der Waals surface area contributed by atoms with Crippen LogP contribution >= 0.6 is 0 Å². The number of rotatable bonds is 1. The molecule has 0 N–H and O–H groups in total. The molecule has 0 heterocycles. The summed E-state index contributed by atoms with van der Waals surface area (Å²) in [6, 6.07) is 0. The molecular formula is C13H18. The largest absolute Gasteiger partial charge is 0.0841 e. The zero-order valence-corrected chi connectivity index (χ0v) is 8.64. The third-order valence-corrected chi connectivity index (χ3v) is 3.16. The Morgan fingerprint density at radius 2 is 1.69 bits per heavy atom. The zero-order chi connectivity index (χ0) is 9.26. The minimum atomic E-state index is 0.736. The first-order valence-corrected chi connectivity index (χ1v) is 5.31. The highest BCUT2D eigenvalue weighted by Gasteiger charge is 2.16. The van der Waals surface area contributed by atoms with Gasteiger partial charge in [-0.15, -0.1) is 0 Å². The molecule has 0 heteroatoms. The van der Waals surface area contributed by atoms with Crippen LogP contribution in [0.5, 0.6) is 0 Å². The van der Waals surface area contributed by atoms with Crippen molar-refractivity contribution < 1.29 is 0 Å². The van der Waals surface area contributed by atoms with Gasteiger partial charge in [0.2, 0.25) is 0 Å². The average molecular weight is 174 g/mol. The van der Waals surface area contributed by atoms with Crippen LogP contribution in [0.25, 0.3) is 0 Å². The van der Waals surface area contributed by atoms with Crippen LogP contribution in [0.4, 0.5) is 0 Å². The highest BCUT2D eigenvalue weighted by atomic mass is 14.2. The Kier molecular flexibility index (Phi) is 2.39. The summed E-state index contributed by atoms with van der Waals surface area (Å²) in [4.78, 5) is 0. The molecule has 70 valence electrons. The van der Waals surface area contributed by atoms with Crippen LogP contribution in [0, 0.1) is 5.92 Å². The van der Waals surface area contributed by atoms with E-state index < -0.39 is 0 Å². The molecule has 13 heavy (non-hydrogen) atoms. The van der Waals surface area contributed by atoms with Crippen molar-refractivity contribution in [3.63, 3.8) is 0 Å². The normalized spacial score (nSPS) is 21.9. The molecular weight excluding hydrogens is 156 g/mol. The second-order valence-electron chi connectivity index (χ2n) is 4.40. The van der Waals surface area contributed by atoms with E-state index in [9.17, 15) is 0 Å². The first kappa shape index (κ1) is 8.80. The Labute approximate surface area is 81.0 Å². The maximum Gasteiger partial charge on any atom is -0.00998 e. The van der Waals surface area contributed by atoms with Crippen LogP contribution in [0.1, 0.15) is 39.5 Å². The van der Waals surface area contributed by atoms with Crippen LogP contribution < -0.4 is 0 Å². The van der Waals surface area contributed by atoms with Gasteiger partial charge in [-0.05, 0) is 31.6 Å². The van der Waals surface area contributed by atoms with Gasteiger partial charge in [-0.25, -0.2) is 0 Å². The third-order valence-electron chi connectivity index (χ3n) is 3.16. The Hall–Kier alpha value is -0.780. The van der Waals surface area contributed by atoms with Gasteiger partial charge in [0, 0.05) is 0 Å². The van der Waals surface area contributed by atoms with Crippen molar-refractivity contribution in [3.05, 3.63) is 34.9 Å². The quantitative estimate of drug-likeness (QED) is 0.527. The number of hydrogen-bond donors (Lipinski definition) is 0. The first-order valence-electron chi connectivity index (χ1n) is 5.31. The molecule has 2 aliphatic rings. The van der Waals surface area contributed by atoms with Gasteiger partial charge in [0.15, 0.2) is 0 Å². The summed E-state index contributed by atoms with van der Waals surface area (Å²) in [5.41, 5.74) is 5.04. The van der Waals surface area contributed by atoms with Gasteiger partial charge in [0.05, 0.1) is 0 Å². The fraction of sp³-hybridized carbons (Fsp3) is 0.538. The van der Waals surface area contributed by atoms with Crippen LogP contribution in [-0.2, 0) is 0 Å². The molecule has 0 amide bonds. The summed E-state index contributed by atoms with van der Waals surface area (Å²) in [5, 5.41) is 0. The molecule has 2 rings (SSSR count). The van der Waals surface area contributed by atoms with E-state index in [2.05, 4.69) is 32.1 Å². The molecule has 0 atom stereocenters. The molecule has 0 spiro atoms. The molecule has 0 bridgehead atoms. The smallest absolute Gasteiger partial charge is 0.00998 e. The monoisotopic (exact) mass is 174 g/mol. The predicted molar refractivity (Wildman–Crippen MR) is 57.6 cm³/mol. The molecule has 2 aliphatic carbocycles. The molecule has 0 aromatic rings. The first-order chi connectivity index (χ1) is 6.27. The van der Waals surface area contributed by atoms with Crippen LogP contribution in [0.2, 0.25) is 0 Å². The topological polar surface area (TPSA) is 0 Å². The van der Waals surface area contributed by atoms with E-state index in [1.165, 1.54) is 25.7 Å². The summed E-state index contributed by atoms with van der Waals surface area (Å²) >= 11 is 0. The molecule has 0 saturated carbocycles. The van der Waals surface area contributed by atoms with E-state index in [0.29, 0.717) is 0 Å². The minimum absolute atomic E-state index is 0.736. The van der Waals surface area contributed by atoms with Gasteiger partial charge in [0.25, 0.3) is 0 Å². The van der Waals surface area contributed by atoms with E-state index in [1.54, 1.807) is 16.7 Å². The third kappa shape index (κ3) is 1.77. The Balaban J connectivity index is 2.10. The molecule has 0 saturated heterocycles. The molecule has 0 aromatic carbocycles. The summed E-state index contributed by atoms with van der Waals surface area (Å²) in [7, 11) is 0. The van der Waals surface area contributed by atoms with E-state index in [1.807, 2.05) is 0 Å². The van der Waals surface area contributed by atoms with Gasteiger partial charge in [-0.2, -0.15) is 0 Å². The van der Waals surface area contributed by atoms with E-state index >= 15 is 0 Å². The van der Waals surface area contributed by atoms with Crippen molar-refractivity contribution >= 4 is 0 Å². The maximum absolute atomic E-state index is 2.45. The van der Waals surface area contributed by atoms with E-state index in [0.717, 1.165) is 5.92 Å². The highest BCUT2D eigenvalue weighted by Crippen LogP contribution is 2.34. The molecule has 0 unspecified atom stereocenters. The lowest BCUT2D eigenvalue weighted by atomic mass is 9.82. The summed E-state index contributed by atoms with van der Waals surface area (Å²) < 4.78 is 0. The molecule has 0 radical (unpaired) electrons. The molecule has 0 fully saturated rings. The van der Waals surface area contributed by atoms with E-state index in [4.69, 9.17) is 0 Å². The van der Waals surface area contributed by atoms with Crippen LogP contribution in [0.3, 0.4) is 0 Å². The van der Waals surface area contributed by atoms with Crippen LogP contribution in [-0.4, -0.2) is 0 Å². The van der Waals surface area contributed by atoms with Crippen LogP contribution in [0.15, 0.2) is 34.9 Å². The second kappa shape index (κ2) is 3.53. The Morgan fingerprint density at radius 3 is 2.38 bits per heavy atom. The average Bonchev–Trinajstić information content (AvgIpc) is 2.17. The predicted octanol–water partition coefficient (Wildman–Crippen LogP) is 4.01. The van der Waals surface area contributed by atoms with Crippen molar-refractivity contribution in [2.75, 3.05) is 0 Å². The lowest BCUT2D eigenvalue weighted by Crippen LogP contribution is -2.06. The summed E-state index contributed by atoms with van der Waals surface area (Å²) in [6.45, 7) is 4.60.